The molecule has 0 N–H and O–H groups in total. The smallest absolute Gasteiger partial charge is 0.296 e. The summed E-state index contributed by atoms with van der Waals surface area (Å²) < 4.78 is 17.4. The number of carbonyl (C=O) groups excluding carboxylic acids is 1. The summed E-state index contributed by atoms with van der Waals surface area (Å²) in [7, 11) is 1.54. The number of hydrogen-bond acceptors (Lipinski definition) is 6. The maximum Gasteiger partial charge on any atom is 0.296 e. The Hall–Kier alpha value is -3.55. The van der Waals surface area contributed by atoms with E-state index in [0.717, 1.165) is 0 Å². The fourth-order valence-corrected chi connectivity index (χ4v) is 4.52. The number of pyridine rings is 1. The number of nitrogens with zero attached hydrogens (tertiary/aromatic N) is 2. The minimum Gasteiger partial charge on any atom is -0.493 e. The van der Waals surface area contributed by atoms with Crippen LogP contribution in [-0.4, -0.2) is 24.6 Å². The van der Waals surface area contributed by atoms with Gasteiger partial charge in [0.2, 0.25) is 5.76 Å². The maximum atomic E-state index is 13.7. The number of rotatable bonds is 6. The van der Waals surface area contributed by atoms with Gasteiger partial charge in [-0.25, -0.2) is 4.98 Å². The number of ether oxygens (including phenoxy) is 2. The summed E-state index contributed by atoms with van der Waals surface area (Å²) in [6, 6.07) is 12.5. The monoisotopic (exact) mass is 524 g/mol. The van der Waals surface area contributed by atoms with Crippen molar-refractivity contribution in [3.05, 3.63) is 91.9 Å². The molecule has 7 nitrogen and oxygen atoms in total. The molecule has 0 spiro atoms. The number of methoxy groups -OCH3 is 1. The van der Waals surface area contributed by atoms with Crippen LogP contribution < -0.4 is 19.8 Å². The molecule has 4 aromatic rings. The Labute approximate surface area is 217 Å². The summed E-state index contributed by atoms with van der Waals surface area (Å²) in [6.07, 6.45) is 1.44. The molecule has 2 aromatic carbocycles. The molecule has 2 aromatic heterocycles. The molecular formula is C27H22Cl2N2O5. The number of anilines is 1. The number of fused-ring (bicyclic) bond motifs is 2. The molecule has 0 radical (unpaired) electrons. The van der Waals surface area contributed by atoms with Crippen LogP contribution in [0.3, 0.4) is 0 Å². The summed E-state index contributed by atoms with van der Waals surface area (Å²) in [6.45, 7) is 4.61. The van der Waals surface area contributed by atoms with Gasteiger partial charge in [0.1, 0.15) is 11.4 Å². The Kier molecular flexibility index (Phi) is 6.36. The first-order valence-corrected chi connectivity index (χ1v) is 12.1. The molecule has 36 heavy (non-hydrogen) atoms. The highest BCUT2D eigenvalue weighted by atomic mass is 35.5. The van der Waals surface area contributed by atoms with Gasteiger partial charge in [-0.2, -0.15) is 0 Å². The largest absolute Gasteiger partial charge is 0.493 e. The minimum atomic E-state index is -0.825. The predicted molar refractivity (Wildman–Crippen MR) is 139 cm³/mol. The summed E-state index contributed by atoms with van der Waals surface area (Å²) in [5.41, 5.74) is 0.754. The van der Waals surface area contributed by atoms with Crippen molar-refractivity contribution < 1.29 is 18.7 Å². The average molecular weight is 525 g/mol. The zero-order valence-corrected chi connectivity index (χ0v) is 21.3. The van der Waals surface area contributed by atoms with Gasteiger partial charge in [0.15, 0.2) is 16.9 Å². The van der Waals surface area contributed by atoms with Gasteiger partial charge in [0, 0.05) is 11.2 Å². The topological polar surface area (TPSA) is 81.9 Å². The quantitative estimate of drug-likeness (QED) is 0.294. The van der Waals surface area contributed by atoms with Crippen LogP contribution in [0.15, 0.2) is 63.9 Å². The van der Waals surface area contributed by atoms with E-state index in [1.54, 1.807) is 42.5 Å². The Bertz CT molecular complexity index is 1530. The molecule has 5 rings (SSSR count). The van der Waals surface area contributed by atoms with E-state index in [2.05, 4.69) is 18.8 Å². The molecule has 184 valence electrons. The Morgan fingerprint density at radius 3 is 2.50 bits per heavy atom. The van der Waals surface area contributed by atoms with Crippen molar-refractivity contribution >= 4 is 45.9 Å². The van der Waals surface area contributed by atoms with E-state index in [1.165, 1.54) is 24.3 Å². The van der Waals surface area contributed by atoms with Crippen molar-refractivity contribution in [1.29, 1.82) is 0 Å². The van der Waals surface area contributed by atoms with E-state index in [4.69, 9.17) is 37.1 Å². The third-order valence-electron chi connectivity index (χ3n) is 5.87. The van der Waals surface area contributed by atoms with E-state index in [-0.39, 0.29) is 27.7 Å². The van der Waals surface area contributed by atoms with Gasteiger partial charge in [-0.15, -0.1) is 0 Å². The molecule has 0 saturated heterocycles. The first kappa shape index (κ1) is 24.2. The highest BCUT2D eigenvalue weighted by Crippen LogP contribution is 2.43. The lowest BCUT2D eigenvalue weighted by Crippen LogP contribution is -2.30. The van der Waals surface area contributed by atoms with Gasteiger partial charge >= 0.3 is 0 Å². The van der Waals surface area contributed by atoms with Crippen molar-refractivity contribution in [3.8, 4) is 11.5 Å². The fraction of sp³-hybridized carbons (Fsp3) is 0.222. The lowest BCUT2D eigenvalue weighted by atomic mass is 9.98. The summed E-state index contributed by atoms with van der Waals surface area (Å²) >= 11 is 12.2. The van der Waals surface area contributed by atoms with Gasteiger partial charge in [-0.05, 0) is 53.9 Å². The molecule has 0 saturated carbocycles. The van der Waals surface area contributed by atoms with Gasteiger partial charge < -0.3 is 13.9 Å². The van der Waals surface area contributed by atoms with Gasteiger partial charge in [-0.1, -0.05) is 43.1 Å². The van der Waals surface area contributed by atoms with E-state index < -0.39 is 11.9 Å². The van der Waals surface area contributed by atoms with Crippen molar-refractivity contribution in [1.82, 2.24) is 4.98 Å². The van der Waals surface area contributed by atoms with Crippen LogP contribution in [0.4, 0.5) is 5.82 Å². The number of aromatic nitrogens is 1. The summed E-state index contributed by atoms with van der Waals surface area (Å²) in [5, 5.41) is 1.09. The number of amides is 1. The second kappa shape index (κ2) is 9.48. The highest BCUT2D eigenvalue weighted by Gasteiger charge is 2.44. The number of hydrogen-bond donors (Lipinski definition) is 0. The average Bonchev–Trinajstić information content (AvgIpc) is 3.16. The standard InChI is InChI=1S/C27H22Cl2N2O5/c1-14(2)13-35-20-7-4-15(10-21(20)34-3)24-23-25(32)18-11-16(28)5-8-19(18)36-26(23)27(33)31(24)22-9-6-17(29)12-30-22/h4-12,14,24H,13H2,1-3H3. The Balaban J connectivity index is 1.73. The Morgan fingerprint density at radius 2 is 1.81 bits per heavy atom. The molecule has 1 amide bonds. The van der Waals surface area contributed by atoms with Crippen molar-refractivity contribution in [2.24, 2.45) is 5.92 Å². The molecule has 9 heteroatoms. The van der Waals surface area contributed by atoms with Crippen LogP contribution >= 0.6 is 23.2 Å². The van der Waals surface area contributed by atoms with Gasteiger partial charge in [0.05, 0.1) is 35.7 Å². The SMILES string of the molecule is COc1cc(C2c3c(oc4ccc(Cl)cc4c3=O)C(=O)N2c2ccc(Cl)cn2)ccc1OCC(C)C. The fourth-order valence-electron chi connectivity index (χ4n) is 4.24. The maximum absolute atomic E-state index is 13.7. The van der Waals surface area contributed by atoms with Crippen molar-refractivity contribution in [3.63, 3.8) is 0 Å². The molecule has 1 atom stereocenters. The molecule has 3 heterocycles. The van der Waals surface area contributed by atoms with E-state index >= 15 is 0 Å². The van der Waals surface area contributed by atoms with Crippen LogP contribution in [-0.2, 0) is 0 Å². The zero-order valence-electron chi connectivity index (χ0n) is 19.7. The lowest BCUT2D eigenvalue weighted by Gasteiger charge is -2.25. The second-order valence-electron chi connectivity index (χ2n) is 8.84. The van der Waals surface area contributed by atoms with E-state index in [9.17, 15) is 9.59 Å². The van der Waals surface area contributed by atoms with E-state index in [0.29, 0.717) is 45.5 Å². The molecular weight excluding hydrogens is 503 g/mol. The van der Waals surface area contributed by atoms with Crippen molar-refractivity contribution in [2.75, 3.05) is 18.6 Å². The number of carbonyl (C=O) groups is 1. The molecule has 1 aliphatic rings. The second-order valence-corrected chi connectivity index (χ2v) is 9.71. The summed E-state index contributed by atoms with van der Waals surface area (Å²) in [4.78, 5) is 33.2. The van der Waals surface area contributed by atoms with Crippen LogP contribution in [0, 0.1) is 5.92 Å². The summed E-state index contributed by atoms with van der Waals surface area (Å²) in [5.74, 6) is 1.15. The molecule has 1 unspecified atom stereocenters. The normalized spacial score (nSPS) is 15.0. The molecule has 1 aliphatic heterocycles. The highest BCUT2D eigenvalue weighted by molar-refractivity contribution is 6.31. The van der Waals surface area contributed by atoms with Crippen LogP contribution in [0.1, 0.15) is 41.6 Å². The zero-order chi connectivity index (χ0) is 25.6. The first-order chi connectivity index (χ1) is 17.3. The lowest BCUT2D eigenvalue weighted by molar-refractivity contribution is 0.0970. The third kappa shape index (κ3) is 4.18. The van der Waals surface area contributed by atoms with Crippen LogP contribution in [0.5, 0.6) is 11.5 Å². The number of benzene rings is 2. The minimum absolute atomic E-state index is 0.0457. The third-order valence-corrected chi connectivity index (χ3v) is 6.33. The first-order valence-electron chi connectivity index (χ1n) is 11.3. The molecule has 0 bridgehead atoms. The molecule has 0 fully saturated rings. The molecule has 0 aliphatic carbocycles. The van der Waals surface area contributed by atoms with E-state index in [1.807, 2.05) is 0 Å². The van der Waals surface area contributed by atoms with Gasteiger partial charge in [-0.3, -0.25) is 14.5 Å². The predicted octanol–water partition coefficient (Wildman–Crippen LogP) is 6.29. The number of halogens is 2. The van der Waals surface area contributed by atoms with Crippen molar-refractivity contribution in [2.45, 2.75) is 19.9 Å². The van der Waals surface area contributed by atoms with Crippen LogP contribution in [0.25, 0.3) is 11.0 Å². The van der Waals surface area contributed by atoms with Crippen LogP contribution in [0.2, 0.25) is 10.0 Å². The van der Waals surface area contributed by atoms with Gasteiger partial charge in [0.25, 0.3) is 5.91 Å². The Morgan fingerprint density at radius 1 is 1.03 bits per heavy atom.